The molecule has 1 saturated heterocycles. The summed E-state index contributed by atoms with van der Waals surface area (Å²) in [4.78, 5) is 52.5. The summed E-state index contributed by atoms with van der Waals surface area (Å²) in [5.41, 5.74) is 0.393. The predicted octanol–water partition coefficient (Wildman–Crippen LogP) is 2.48. The van der Waals surface area contributed by atoms with Gasteiger partial charge in [-0.25, -0.2) is 4.79 Å². The molecular weight excluding hydrogens is 386 g/mol. The Labute approximate surface area is 175 Å². The van der Waals surface area contributed by atoms with Gasteiger partial charge >= 0.3 is 5.97 Å². The first kappa shape index (κ1) is 20.6. The topological polar surface area (TPSA) is 90.0 Å². The van der Waals surface area contributed by atoms with E-state index in [9.17, 15) is 19.2 Å². The first-order chi connectivity index (χ1) is 14.3. The molecule has 0 unspecified atom stereocenters. The molecule has 0 aromatic heterocycles. The SMILES string of the molecule is COc1ccc(C(=O)COC(=O)[C@H](C(C)C)N2C(=O)[C@@H]3[C@H]4CC[C@H](C4)[C@@H]3C2=O)cc1. The highest BCUT2D eigenvalue weighted by molar-refractivity contribution is 6.09. The second-order valence-corrected chi connectivity index (χ2v) is 8.88. The Morgan fingerprint density at radius 1 is 1.03 bits per heavy atom. The molecule has 0 radical (unpaired) electrons. The molecule has 7 heteroatoms. The highest BCUT2D eigenvalue weighted by Gasteiger charge is 2.62. The van der Waals surface area contributed by atoms with Gasteiger partial charge in [-0.3, -0.25) is 19.3 Å². The predicted molar refractivity (Wildman–Crippen MR) is 107 cm³/mol. The molecule has 7 nitrogen and oxygen atoms in total. The fraction of sp³-hybridized carbons (Fsp3) is 0.565. The van der Waals surface area contributed by atoms with Crippen LogP contribution in [-0.2, 0) is 19.1 Å². The first-order valence-electron chi connectivity index (χ1n) is 10.5. The van der Waals surface area contributed by atoms with Crippen LogP contribution in [-0.4, -0.2) is 48.2 Å². The molecule has 2 amide bonds. The van der Waals surface area contributed by atoms with Crippen molar-refractivity contribution in [2.45, 2.75) is 39.2 Å². The summed E-state index contributed by atoms with van der Waals surface area (Å²) >= 11 is 0. The third kappa shape index (κ3) is 3.30. The molecule has 160 valence electrons. The van der Waals surface area contributed by atoms with Crippen LogP contribution in [0.3, 0.4) is 0 Å². The zero-order valence-corrected chi connectivity index (χ0v) is 17.5. The summed E-state index contributed by atoms with van der Waals surface area (Å²) < 4.78 is 10.3. The van der Waals surface area contributed by atoms with Gasteiger partial charge in [0.25, 0.3) is 0 Å². The van der Waals surface area contributed by atoms with Crippen LogP contribution in [0.15, 0.2) is 24.3 Å². The fourth-order valence-electron chi connectivity index (χ4n) is 5.46. The minimum Gasteiger partial charge on any atom is -0.497 e. The third-order valence-electron chi connectivity index (χ3n) is 6.87. The van der Waals surface area contributed by atoms with Crippen molar-refractivity contribution in [3.8, 4) is 5.75 Å². The number of rotatable bonds is 7. The molecule has 1 aromatic rings. The molecule has 0 spiro atoms. The molecule has 0 N–H and O–H groups in total. The number of imide groups is 1. The van der Waals surface area contributed by atoms with Crippen molar-refractivity contribution in [3.05, 3.63) is 29.8 Å². The van der Waals surface area contributed by atoms with Gasteiger partial charge in [0.15, 0.2) is 12.4 Å². The van der Waals surface area contributed by atoms with Crippen LogP contribution >= 0.6 is 0 Å². The van der Waals surface area contributed by atoms with Gasteiger partial charge in [-0.2, -0.15) is 0 Å². The van der Waals surface area contributed by atoms with Gasteiger partial charge in [-0.05, 0) is 61.3 Å². The Balaban J connectivity index is 1.45. The van der Waals surface area contributed by atoms with E-state index in [4.69, 9.17) is 9.47 Å². The number of methoxy groups -OCH3 is 1. The van der Waals surface area contributed by atoms with Crippen LogP contribution in [0.25, 0.3) is 0 Å². The van der Waals surface area contributed by atoms with E-state index in [2.05, 4.69) is 0 Å². The second-order valence-electron chi connectivity index (χ2n) is 8.88. The number of hydrogen-bond acceptors (Lipinski definition) is 6. The molecule has 4 rings (SSSR count). The lowest BCUT2D eigenvalue weighted by Gasteiger charge is -2.28. The van der Waals surface area contributed by atoms with Crippen molar-refractivity contribution in [2.75, 3.05) is 13.7 Å². The van der Waals surface area contributed by atoms with Gasteiger partial charge in [-0.15, -0.1) is 0 Å². The summed E-state index contributed by atoms with van der Waals surface area (Å²) in [6, 6.07) is 5.50. The Bertz CT molecular complexity index is 848. The molecule has 5 atom stereocenters. The van der Waals surface area contributed by atoms with Crippen LogP contribution in [0.4, 0.5) is 0 Å². The normalized spacial score (nSPS) is 28.1. The number of esters is 1. The molecule has 1 aromatic carbocycles. The number of nitrogens with zero attached hydrogens (tertiary/aromatic N) is 1. The van der Waals surface area contributed by atoms with Gasteiger partial charge < -0.3 is 9.47 Å². The van der Waals surface area contributed by atoms with Crippen LogP contribution in [0.1, 0.15) is 43.5 Å². The third-order valence-corrected chi connectivity index (χ3v) is 6.87. The molecule has 1 heterocycles. The molecule has 3 aliphatic rings. The number of ether oxygens (including phenoxy) is 2. The zero-order chi connectivity index (χ0) is 21.6. The number of ketones is 1. The van der Waals surface area contributed by atoms with E-state index in [1.165, 1.54) is 7.11 Å². The quantitative estimate of drug-likeness (QED) is 0.388. The lowest BCUT2D eigenvalue weighted by Crippen LogP contribution is -2.50. The van der Waals surface area contributed by atoms with Crippen LogP contribution < -0.4 is 4.74 Å². The van der Waals surface area contributed by atoms with E-state index in [0.29, 0.717) is 11.3 Å². The Kier molecular flexibility index (Phi) is 5.38. The maximum Gasteiger partial charge on any atom is 0.330 e. The average Bonchev–Trinajstić information content (AvgIpc) is 3.42. The van der Waals surface area contributed by atoms with Crippen molar-refractivity contribution < 1.29 is 28.7 Å². The number of Topliss-reactive ketones (excluding diaryl/α,β-unsaturated/α-hetero) is 1. The van der Waals surface area contributed by atoms with Gasteiger partial charge in [-0.1, -0.05) is 13.8 Å². The minimum atomic E-state index is -1.00. The maximum atomic E-state index is 13.1. The number of likely N-dealkylation sites (tertiary alicyclic amines) is 1. The molecule has 2 aliphatic carbocycles. The summed E-state index contributed by atoms with van der Waals surface area (Å²) in [5, 5.41) is 0. The largest absolute Gasteiger partial charge is 0.497 e. The summed E-state index contributed by atoms with van der Waals surface area (Å²) in [6.45, 7) is 3.11. The van der Waals surface area contributed by atoms with Crippen molar-refractivity contribution in [3.63, 3.8) is 0 Å². The fourth-order valence-corrected chi connectivity index (χ4v) is 5.46. The van der Waals surface area contributed by atoms with E-state index in [1.54, 1.807) is 38.1 Å². The van der Waals surface area contributed by atoms with Crippen molar-refractivity contribution >= 4 is 23.6 Å². The zero-order valence-electron chi connectivity index (χ0n) is 17.5. The van der Waals surface area contributed by atoms with Gasteiger partial charge in [0, 0.05) is 5.56 Å². The standard InChI is InChI=1S/C23H27NO6/c1-12(2)20(23(28)30-11-17(25)13-6-8-16(29-3)9-7-13)24-21(26)18-14-4-5-15(10-14)19(18)22(24)27/h6-9,12,14-15,18-20H,4-5,10-11H2,1-3H3/t14-,15+,18+,19-,20-/m0/s1. The smallest absolute Gasteiger partial charge is 0.330 e. The Hall–Kier alpha value is -2.70. The summed E-state index contributed by atoms with van der Waals surface area (Å²) in [5.74, 6) is -1.31. The summed E-state index contributed by atoms with van der Waals surface area (Å²) in [7, 11) is 1.53. The van der Waals surface area contributed by atoms with Crippen molar-refractivity contribution in [1.82, 2.24) is 4.90 Å². The number of carbonyl (C=O) groups excluding carboxylic acids is 4. The van der Waals surface area contributed by atoms with Crippen LogP contribution in [0.5, 0.6) is 5.75 Å². The van der Waals surface area contributed by atoms with Crippen molar-refractivity contribution in [2.24, 2.45) is 29.6 Å². The molecule has 1 aliphatic heterocycles. The lowest BCUT2D eigenvalue weighted by molar-refractivity contribution is -0.160. The molecular formula is C23H27NO6. The number of amides is 2. The number of fused-ring (bicyclic) bond motifs is 5. The van der Waals surface area contributed by atoms with Crippen molar-refractivity contribution in [1.29, 1.82) is 0 Å². The van der Waals surface area contributed by atoms with Crippen LogP contribution in [0.2, 0.25) is 0 Å². The van der Waals surface area contributed by atoms with E-state index in [0.717, 1.165) is 24.2 Å². The van der Waals surface area contributed by atoms with Gasteiger partial charge in [0.05, 0.1) is 18.9 Å². The highest BCUT2D eigenvalue weighted by atomic mass is 16.5. The lowest BCUT2D eigenvalue weighted by atomic mass is 9.81. The minimum absolute atomic E-state index is 0.241. The molecule has 30 heavy (non-hydrogen) atoms. The number of benzene rings is 1. The summed E-state index contributed by atoms with van der Waals surface area (Å²) in [6.07, 6.45) is 2.89. The van der Waals surface area contributed by atoms with E-state index >= 15 is 0 Å². The second kappa shape index (κ2) is 7.85. The van der Waals surface area contributed by atoms with E-state index < -0.39 is 18.6 Å². The molecule has 3 fully saturated rings. The Morgan fingerprint density at radius 3 is 2.10 bits per heavy atom. The van der Waals surface area contributed by atoms with Gasteiger partial charge in [0.1, 0.15) is 11.8 Å². The number of carbonyl (C=O) groups is 4. The van der Waals surface area contributed by atoms with E-state index in [1.807, 2.05) is 0 Å². The van der Waals surface area contributed by atoms with Crippen LogP contribution in [0, 0.1) is 29.6 Å². The monoisotopic (exact) mass is 413 g/mol. The molecule has 2 saturated carbocycles. The van der Waals surface area contributed by atoms with Gasteiger partial charge in [0.2, 0.25) is 11.8 Å². The van der Waals surface area contributed by atoms with E-state index in [-0.39, 0.29) is 47.2 Å². The average molecular weight is 413 g/mol. The highest BCUT2D eigenvalue weighted by Crippen LogP contribution is 2.56. The Morgan fingerprint density at radius 2 is 1.60 bits per heavy atom. The first-order valence-corrected chi connectivity index (χ1v) is 10.5. The number of hydrogen-bond donors (Lipinski definition) is 0. The maximum absolute atomic E-state index is 13.1. The molecule has 2 bridgehead atoms.